The molecule has 150 valence electrons. The smallest absolute Gasteiger partial charge is 0.336 e. The number of rotatable bonds is 5. The number of benzene rings is 3. The maximum atomic E-state index is 13.3. The Morgan fingerprint density at radius 2 is 1.67 bits per heavy atom. The molecule has 0 saturated carbocycles. The first kappa shape index (κ1) is 19.8. The summed E-state index contributed by atoms with van der Waals surface area (Å²) in [6.45, 7) is -0.198. The monoisotopic (exact) mass is 464 g/mol. The van der Waals surface area contributed by atoms with E-state index in [-0.39, 0.29) is 12.3 Å². The van der Waals surface area contributed by atoms with Crippen LogP contribution in [0.5, 0.6) is 5.75 Å². The van der Waals surface area contributed by atoms with E-state index in [4.69, 9.17) is 4.74 Å². The molecule has 0 fully saturated rings. The van der Waals surface area contributed by atoms with Gasteiger partial charge in [0.2, 0.25) is 0 Å². The van der Waals surface area contributed by atoms with Gasteiger partial charge in [-0.1, -0.05) is 34.1 Å². The molecule has 1 heterocycles. The van der Waals surface area contributed by atoms with Crippen LogP contribution in [0.1, 0.15) is 10.4 Å². The van der Waals surface area contributed by atoms with Crippen LogP contribution in [0.25, 0.3) is 16.6 Å². The molecule has 3 aromatic carbocycles. The van der Waals surface area contributed by atoms with Crippen LogP contribution in [0.2, 0.25) is 0 Å². The van der Waals surface area contributed by atoms with Crippen molar-refractivity contribution >= 4 is 32.6 Å². The summed E-state index contributed by atoms with van der Waals surface area (Å²) in [5.41, 5.74) is 0.297. The second-order valence-corrected chi connectivity index (χ2v) is 7.57. The number of Topliss-reactive ketones (excluding diaryl/α,β-unsaturated/α-hetero) is 1. The molecule has 0 aliphatic heterocycles. The molecular formula is C23H17BrN2O4. The van der Waals surface area contributed by atoms with E-state index < -0.39 is 11.2 Å². The van der Waals surface area contributed by atoms with E-state index in [0.717, 1.165) is 4.57 Å². The summed E-state index contributed by atoms with van der Waals surface area (Å²) in [7, 11) is 1.55. The zero-order chi connectivity index (χ0) is 21.3. The van der Waals surface area contributed by atoms with Crippen LogP contribution in [-0.2, 0) is 6.54 Å². The van der Waals surface area contributed by atoms with Crippen molar-refractivity contribution in [2.24, 2.45) is 0 Å². The number of carbonyl (C=O) groups is 1. The van der Waals surface area contributed by atoms with Gasteiger partial charge in [-0.3, -0.25) is 14.2 Å². The second-order valence-electron chi connectivity index (χ2n) is 6.66. The molecule has 4 aromatic rings. The predicted octanol–water partition coefficient (Wildman–Crippen LogP) is 3.81. The maximum Gasteiger partial charge on any atom is 0.336 e. The molecule has 0 unspecified atom stereocenters. The molecular weight excluding hydrogens is 448 g/mol. The first-order chi connectivity index (χ1) is 14.5. The molecule has 1 aromatic heterocycles. The van der Waals surface area contributed by atoms with Gasteiger partial charge in [-0.05, 0) is 54.6 Å². The molecule has 0 atom stereocenters. The van der Waals surface area contributed by atoms with Gasteiger partial charge >= 0.3 is 5.69 Å². The van der Waals surface area contributed by atoms with Crippen molar-refractivity contribution < 1.29 is 9.53 Å². The Balaban J connectivity index is 1.91. The lowest BCUT2D eigenvalue weighted by Gasteiger charge is -2.14. The van der Waals surface area contributed by atoms with Crippen molar-refractivity contribution in [1.29, 1.82) is 0 Å². The van der Waals surface area contributed by atoms with Crippen LogP contribution < -0.4 is 16.0 Å². The lowest BCUT2D eigenvalue weighted by molar-refractivity contribution is 0.0971. The molecule has 6 nitrogen and oxygen atoms in total. The number of ketones is 1. The number of aromatic nitrogens is 2. The highest BCUT2D eigenvalue weighted by atomic mass is 79.9. The van der Waals surface area contributed by atoms with Gasteiger partial charge in [-0.2, -0.15) is 0 Å². The van der Waals surface area contributed by atoms with E-state index in [1.807, 2.05) is 0 Å². The van der Waals surface area contributed by atoms with Crippen LogP contribution in [0.15, 0.2) is 86.9 Å². The van der Waals surface area contributed by atoms with E-state index in [9.17, 15) is 14.4 Å². The van der Waals surface area contributed by atoms with Crippen molar-refractivity contribution in [3.8, 4) is 11.4 Å². The summed E-state index contributed by atoms with van der Waals surface area (Å²) in [5.74, 6) is 0.388. The number of hydrogen-bond acceptors (Lipinski definition) is 4. The lowest BCUT2D eigenvalue weighted by Crippen LogP contribution is -2.40. The number of nitrogens with zero attached hydrogens (tertiary/aromatic N) is 2. The fourth-order valence-electron chi connectivity index (χ4n) is 3.32. The fourth-order valence-corrected chi connectivity index (χ4v) is 3.68. The number of carbonyl (C=O) groups excluding carboxylic acids is 1. The summed E-state index contributed by atoms with van der Waals surface area (Å²) in [5, 5.41) is 0.343. The van der Waals surface area contributed by atoms with Crippen LogP contribution in [-0.4, -0.2) is 22.0 Å². The van der Waals surface area contributed by atoms with Crippen molar-refractivity contribution in [3.05, 3.63) is 104 Å². The van der Waals surface area contributed by atoms with Crippen molar-refractivity contribution in [1.82, 2.24) is 9.13 Å². The van der Waals surface area contributed by atoms with Gasteiger partial charge in [-0.25, -0.2) is 9.36 Å². The standard InChI is InChI=1S/C23H17BrN2O4/c1-30-18-10-7-15(8-11-18)21(27)14-25-20-12-9-16(24)13-19(20)22(28)26(23(25)29)17-5-3-2-4-6-17/h2-13H,14H2,1H3. The molecule has 0 bridgehead atoms. The SMILES string of the molecule is COc1ccc(C(=O)Cn2c(=O)n(-c3ccccc3)c(=O)c3cc(Br)ccc32)cc1. The Morgan fingerprint density at radius 1 is 0.967 bits per heavy atom. The molecule has 0 aliphatic rings. The minimum Gasteiger partial charge on any atom is -0.497 e. The third-order valence-corrected chi connectivity index (χ3v) is 5.33. The molecule has 30 heavy (non-hydrogen) atoms. The molecule has 0 saturated heterocycles. The van der Waals surface area contributed by atoms with Gasteiger partial charge in [0, 0.05) is 10.0 Å². The number of halogens is 1. The van der Waals surface area contributed by atoms with Crippen molar-refractivity contribution in [2.45, 2.75) is 6.54 Å². The van der Waals surface area contributed by atoms with E-state index in [2.05, 4.69) is 15.9 Å². The van der Waals surface area contributed by atoms with Crippen molar-refractivity contribution in [2.75, 3.05) is 7.11 Å². The Kier molecular flexibility index (Phi) is 5.37. The number of para-hydroxylation sites is 1. The zero-order valence-corrected chi connectivity index (χ0v) is 17.6. The second kappa shape index (κ2) is 8.12. The average Bonchev–Trinajstić information content (AvgIpc) is 2.77. The summed E-state index contributed by atoms with van der Waals surface area (Å²) < 4.78 is 8.26. The zero-order valence-electron chi connectivity index (χ0n) is 16.0. The minimum absolute atomic E-state index is 0.198. The molecule has 4 rings (SSSR count). The third kappa shape index (κ3) is 3.59. The molecule has 0 amide bonds. The van der Waals surface area contributed by atoms with Gasteiger partial charge in [0.15, 0.2) is 5.78 Å². The van der Waals surface area contributed by atoms with E-state index in [0.29, 0.717) is 32.4 Å². The topological polar surface area (TPSA) is 70.3 Å². The Labute approximate surface area is 180 Å². The van der Waals surface area contributed by atoms with Crippen LogP contribution in [0, 0.1) is 0 Å². The summed E-state index contributed by atoms with van der Waals surface area (Å²) >= 11 is 3.38. The number of methoxy groups -OCH3 is 1. The highest BCUT2D eigenvalue weighted by Gasteiger charge is 2.17. The van der Waals surface area contributed by atoms with Crippen LogP contribution in [0.3, 0.4) is 0 Å². The summed E-state index contributed by atoms with van der Waals surface area (Å²) in [4.78, 5) is 39.3. The number of hydrogen-bond donors (Lipinski definition) is 0. The first-order valence-corrected chi connectivity index (χ1v) is 9.96. The van der Waals surface area contributed by atoms with Crippen LogP contribution in [0.4, 0.5) is 0 Å². The molecule has 7 heteroatoms. The number of fused-ring (bicyclic) bond motifs is 1. The Hall–Kier alpha value is -3.45. The average molecular weight is 465 g/mol. The fraction of sp³-hybridized carbons (Fsp3) is 0.0870. The van der Waals surface area contributed by atoms with E-state index in [1.165, 1.54) is 4.57 Å². The van der Waals surface area contributed by atoms with Crippen molar-refractivity contribution in [3.63, 3.8) is 0 Å². The number of ether oxygens (including phenoxy) is 1. The highest BCUT2D eigenvalue weighted by molar-refractivity contribution is 9.10. The largest absolute Gasteiger partial charge is 0.497 e. The molecule has 0 spiro atoms. The van der Waals surface area contributed by atoms with Gasteiger partial charge in [0.1, 0.15) is 5.75 Å². The van der Waals surface area contributed by atoms with E-state index >= 15 is 0 Å². The first-order valence-electron chi connectivity index (χ1n) is 9.17. The van der Waals surface area contributed by atoms with Gasteiger partial charge in [0.25, 0.3) is 5.56 Å². The Morgan fingerprint density at radius 3 is 2.33 bits per heavy atom. The van der Waals surface area contributed by atoms with Gasteiger partial charge < -0.3 is 4.74 Å². The molecule has 0 radical (unpaired) electrons. The Bertz CT molecular complexity index is 1360. The van der Waals surface area contributed by atoms with Crippen LogP contribution >= 0.6 is 15.9 Å². The van der Waals surface area contributed by atoms with E-state index in [1.54, 1.807) is 79.9 Å². The summed E-state index contributed by atoms with van der Waals surface area (Å²) in [6, 6.07) is 20.4. The lowest BCUT2D eigenvalue weighted by atomic mass is 10.1. The normalized spacial score (nSPS) is 10.9. The van der Waals surface area contributed by atoms with Gasteiger partial charge in [-0.15, -0.1) is 0 Å². The third-order valence-electron chi connectivity index (χ3n) is 4.83. The maximum absolute atomic E-state index is 13.3. The highest BCUT2D eigenvalue weighted by Crippen LogP contribution is 2.18. The molecule has 0 aliphatic carbocycles. The molecule has 0 N–H and O–H groups in total. The van der Waals surface area contributed by atoms with Gasteiger partial charge in [0.05, 0.1) is 30.2 Å². The quantitative estimate of drug-likeness (QED) is 0.421. The predicted molar refractivity (Wildman–Crippen MR) is 119 cm³/mol. The summed E-state index contributed by atoms with van der Waals surface area (Å²) in [6.07, 6.45) is 0. The minimum atomic E-state index is -0.567.